The van der Waals surface area contributed by atoms with Crippen LogP contribution in [0.1, 0.15) is 39.3 Å². The van der Waals surface area contributed by atoms with Crippen LogP contribution in [0.15, 0.2) is 30.6 Å². The van der Waals surface area contributed by atoms with Crippen LogP contribution in [-0.2, 0) is 6.54 Å². The molecule has 0 radical (unpaired) electrons. The number of ether oxygens (including phenoxy) is 1. The molecule has 158 valence electrons. The number of nitrogens with zero attached hydrogens (tertiary/aromatic N) is 5. The third kappa shape index (κ3) is 5.57. The van der Waals surface area contributed by atoms with Crippen molar-refractivity contribution < 1.29 is 9.84 Å². The molecule has 0 spiro atoms. The summed E-state index contributed by atoms with van der Waals surface area (Å²) < 4.78 is 7.28. The number of nitrogens with one attached hydrogen (secondary N) is 1. The first kappa shape index (κ1) is 22.4. The maximum absolute atomic E-state index is 7.57. The highest BCUT2D eigenvalue weighted by Gasteiger charge is 2.16. The molecule has 3 aromatic rings. The Morgan fingerprint density at radius 3 is 2.38 bits per heavy atom. The molecule has 0 aliphatic heterocycles. The van der Waals surface area contributed by atoms with Crippen molar-refractivity contribution in [3.05, 3.63) is 36.2 Å². The predicted octanol–water partition coefficient (Wildman–Crippen LogP) is 3.48. The second-order valence-corrected chi connectivity index (χ2v) is 6.82. The predicted molar refractivity (Wildman–Crippen MR) is 118 cm³/mol. The Balaban J connectivity index is 0.000000941. The molecule has 1 aromatic carbocycles. The van der Waals surface area contributed by atoms with Crippen molar-refractivity contribution in [2.75, 3.05) is 37.5 Å². The Labute approximate surface area is 172 Å². The summed E-state index contributed by atoms with van der Waals surface area (Å²) in [5.41, 5.74) is 2.79. The molecule has 0 aliphatic rings. The zero-order valence-electron chi connectivity index (χ0n) is 18.2. The standard InChI is InChI=1S/C19H26N6O.C2H6O/c1-6-24(4)19-22-17(16-18(23-19)25(12-21-16)13(2)3)20-11-14-7-9-15(26-5)10-8-14;1-2-3/h7-10,12-13H,6,11H2,1-5H3,(H,20,22,23);3H,2H2,1H3. The molecule has 0 bridgehead atoms. The average molecular weight is 401 g/mol. The van der Waals surface area contributed by atoms with Gasteiger partial charge in [-0.2, -0.15) is 9.97 Å². The topological polar surface area (TPSA) is 88.3 Å². The Hall–Kier alpha value is -2.87. The molecule has 2 heterocycles. The van der Waals surface area contributed by atoms with Crippen molar-refractivity contribution in [3.8, 4) is 5.75 Å². The first-order chi connectivity index (χ1) is 13.9. The van der Waals surface area contributed by atoms with E-state index < -0.39 is 0 Å². The molecule has 8 heteroatoms. The zero-order valence-corrected chi connectivity index (χ0v) is 18.2. The summed E-state index contributed by atoms with van der Waals surface area (Å²) >= 11 is 0. The van der Waals surface area contributed by atoms with Gasteiger partial charge < -0.3 is 24.6 Å². The molecule has 0 unspecified atom stereocenters. The van der Waals surface area contributed by atoms with E-state index in [4.69, 9.17) is 19.8 Å². The normalized spacial score (nSPS) is 10.6. The van der Waals surface area contributed by atoms with Crippen LogP contribution in [0.2, 0.25) is 0 Å². The quantitative estimate of drug-likeness (QED) is 0.628. The number of methoxy groups -OCH3 is 1. The van der Waals surface area contributed by atoms with Gasteiger partial charge in [-0.3, -0.25) is 0 Å². The monoisotopic (exact) mass is 400 g/mol. The van der Waals surface area contributed by atoms with Crippen molar-refractivity contribution in [1.29, 1.82) is 0 Å². The van der Waals surface area contributed by atoms with Crippen LogP contribution in [-0.4, -0.2) is 51.9 Å². The lowest BCUT2D eigenvalue weighted by atomic mass is 10.2. The molecule has 29 heavy (non-hydrogen) atoms. The highest BCUT2D eigenvalue weighted by Crippen LogP contribution is 2.25. The number of hydrogen-bond acceptors (Lipinski definition) is 7. The third-order valence-electron chi connectivity index (χ3n) is 4.40. The second-order valence-electron chi connectivity index (χ2n) is 6.82. The number of imidazole rings is 1. The first-order valence-corrected chi connectivity index (χ1v) is 9.88. The number of benzene rings is 1. The maximum atomic E-state index is 7.57. The molecule has 0 aliphatic carbocycles. The van der Waals surface area contributed by atoms with Gasteiger partial charge in [0.2, 0.25) is 5.95 Å². The molecule has 2 N–H and O–H groups in total. The number of aliphatic hydroxyl groups excluding tert-OH is 1. The first-order valence-electron chi connectivity index (χ1n) is 9.88. The second kappa shape index (κ2) is 10.6. The van der Waals surface area contributed by atoms with E-state index >= 15 is 0 Å². The summed E-state index contributed by atoms with van der Waals surface area (Å²) in [6, 6.07) is 8.27. The Kier molecular flexibility index (Phi) is 8.21. The van der Waals surface area contributed by atoms with E-state index in [9.17, 15) is 0 Å². The summed E-state index contributed by atoms with van der Waals surface area (Å²) in [6.45, 7) is 9.74. The Morgan fingerprint density at radius 1 is 1.17 bits per heavy atom. The number of anilines is 2. The zero-order chi connectivity index (χ0) is 21.4. The number of rotatable bonds is 7. The van der Waals surface area contributed by atoms with E-state index in [2.05, 4.69) is 35.6 Å². The van der Waals surface area contributed by atoms with Crippen LogP contribution in [0.3, 0.4) is 0 Å². The molecular weight excluding hydrogens is 368 g/mol. The van der Waals surface area contributed by atoms with Gasteiger partial charge in [0, 0.05) is 32.8 Å². The molecule has 0 fully saturated rings. The summed E-state index contributed by atoms with van der Waals surface area (Å²) in [5.74, 6) is 2.29. The highest BCUT2D eigenvalue weighted by atomic mass is 16.5. The van der Waals surface area contributed by atoms with Crippen LogP contribution in [0, 0.1) is 0 Å². The molecule has 0 saturated heterocycles. The Morgan fingerprint density at radius 2 is 1.83 bits per heavy atom. The largest absolute Gasteiger partial charge is 0.497 e. The molecule has 2 aromatic heterocycles. The van der Waals surface area contributed by atoms with Gasteiger partial charge in [-0.15, -0.1) is 0 Å². The van der Waals surface area contributed by atoms with Gasteiger partial charge in [0.05, 0.1) is 13.4 Å². The number of hydrogen-bond donors (Lipinski definition) is 2. The average Bonchev–Trinajstić information content (AvgIpc) is 3.16. The minimum atomic E-state index is 0.250. The van der Waals surface area contributed by atoms with Crippen molar-refractivity contribution in [2.24, 2.45) is 0 Å². The number of aromatic nitrogens is 4. The smallest absolute Gasteiger partial charge is 0.229 e. The summed E-state index contributed by atoms with van der Waals surface area (Å²) in [4.78, 5) is 16.0. The van der Waals surface area contributed by atoms with Crippen LogP contribution in [0.5, 0.6) is 5.75 Å². The van der Waals surface area contributed by atoms with E-state index in [-0.39, 0.29) is 12.6 Å². The minimum Gasteiger partial charge on any atom is -0.497 e. The summed E-state index contributed by atoms with van der Waals surface area (Å²) in [6.07, 6.45) is 1.83. The van der Waals surface area contributed by atoms with Gasteiger partial charge in [0.15, 0.2) is 17.0 Å². The summed E-state index contributed by atoms with van der Waals surface area (Å²) in [5, 5.41) is 11.0. The van der Waals surface area contributed by atoms with Gasteiger partial charge in [-0.1, -0.05) is 12.1 Å². The van der Waals surface area contributed by atoms with Gasteiger partial charge in [0.25, 0.3) is 0 Å². The van der Waals surface area contributed by atoms with E-state index in [0.717, 1.165) is 34.8 Å². The molecule has 0 amide bonds. The molecule has 0 saturated carbocycles. The van der Waals surface area contributed by atoms with E-state index in [0.29, 0.717) is 12.5 Å². The van der Waals surface area contributed by atoms with E-state index in [1.807, 2.05) is 42.5 Å². The SMILES string of the molecule is CCN(C)c1nc(NCc2ccc(OC)cc2)c2ncn(C(C)C)c2n1.CCO. The van der Waals surface area contributed by atoms with Crippen LogP contribution < -0.4 is 15.0 Å². The van der Waals surface area contributed by atoms with Crippen molar-refractivity contribution >= 4 is 22.9 Å². The fraction of sp³-hybridized carbons (Fsp3) is 0.476. The lowest BCUT2D eigenvalue weighted by Gasteiger charge is -2.17. The van der Waals surface area contributed by atoms with Gasteiger partial charge in [0.1, 0.15) is 5.75 Å². The lowest BCUT2D eigenvalue weighted by molar-refractivity contribution is 0.318. The Bertz CT molecular complexity index is 892. The minimum absolute atomic E-state index is 0.250. The van der Waals surface area contributed by atoms with Crippen LogP contribution in [0.25, 0.3) is 11.2 Å². The van der Waals surface area contributed by atoms with Crippen molar-refractivity contribution in [3.63, 3.8) is 0 Å². The lowest BCUT2D eigenvalue weighted by Crippen LogP contribution is -2.20. The third-order valence-corrected chi connectivity index (χ3v) is 4.40. The van der Waals surface area contributed by atoms with Gasteiger partial charge in [-0.25, -0.2) is 4.98 Å². The number of aliphatic hydroxyl groups is 1. The van der Waals surface area contributed by atoms with Crippen molar-refractivity contribution in [2.45, 2.75) is 40.3 Å². The fourth-order valence-electron chi connectivity index (χ4n) is 2.65. The van der Waals surface area contributed by atoms with Crippen LogP contribution >= 0.6 is 0 Å². The van der Waals surface area contributed by atoms with Gasteiger partial charge >= 0.3 is 0 Å². The number of fused-ring (bicyclic) bond motifs is 1. The molecular formula is C21H32N6O2. The van der Waals surface area contributed by atoms with Crippen molar-refractivity contribution in [1.82, 2.24) is 19.5 Å². The summed E-state index contributed by atoms with van der Waals surface area (Å²) in [7, 11) is 3.66. The van der Waals surface area contributed by atoms with E-state index in [1.54, 1.807) is 14.0 Å². The molecule has 3 rings (SSSR count). The van der Waals surface area contributed by atoms with E-state index in [1.165, 1.54) is 0 Å². The van der Waals surface area contributed by atoms with Gasteiger partial charge in [-0.05, 0) is 45.4 Å². The fourth-order valence-corrected chi connectivity index (χ4v) is 2.65. The van der Waals surface area contributed by atoms with Crippen LogP contribution in [0.4, 0.5) is 11.8 Å². The molecule has 8 nitrogen and oxygen atoms in total. The maximum Gasteiger partial charge on any atom is 0.229 e. The highest BCUT2D eigenvalue weighted by molar-refractivity contribution is 5.84. The molecule has 0 atom stereocenters.